The van der Waals surface area contributed by atoms with Crippen molar-refractivity contribution in [3.05, 3.63) is 174 Å². The summed E-state index contributed by atoms with van der Waals surface area (Å²) in [5.74, 6) is -3.32. The SMILES string of the molecule is C.C.[C-]#[N+]c1ncc(N2C(=O)C3(CCC3)N(c3ccc(C(=O)O)c(F)c3)C2=S)cc1C.[C-]#[N+]c1ncc(N2C(=O)C3(CCC3)N(c3ccc(C(C)=O)c(F)c3)C2=S)cc1C.[C-]#[N+]c1ncc(N2C(=O)C3(CCC3)N(c3ccc(I)c(F)c3)C2=S)cc1C.[I][V][I]. The van der Waals surface area contributed by atoms with Crippen LogP contribution in [0.25, 0.3) is 14.5 Å². The molecule has 12 rings (SSSR count). The van der Waals surface area contributed by atoms with Crippen LogP contribution < -0.4 is 29.4 Å². The molecule has 3 amide bonds. The van der Waals surface area contributed by atoms with Crippen molar-refractivity contribution < 1.29 is 51.7 Å². The summed E-state index contributed by atoms with van der Waals surface area (Å²) in [5, 5.41) is 9.79. The maximum absolute atomic E-state index is 14.5. The van der Waals surface area contributed by atoms with Crippen LogP contribution in [0, 0.1) is 61.5 Å². The van der Waals surface area contributed by atoms with Gasteiger partial charge in [-0.3, -0.25) is 33.9 Å². The molecule has 0 radical (unpaired) electrons. The van der Waals surface area contributed by atoms with Crippen LogP contribution in [0.4, 0.5) is 64.7 Å². The summed E-state index contributed by atoms with van der Waals surface area (Å²) in [6, 6.07) is 18.1. The zero-order valence-corrected chi connectivity index (χ0v) is 57.1. The Bertz CT molecular complexity index is 3960. The molecular weight excluding hydrogens is 1590 g/mol. The zero-order valence-electron chi connectivity index (χ0n) is 46.8. The number of carboxylic acids is 1. The van der Waals surface area contributed by atoms with E-state index in [-0.39, 0.29) is 71.6 Å². The van der Waals surface area contributed by atoms with Crippen molar-refractivity contribution in [2.45, 2.75) is 117 Å². The number of carbonyl (C=O) groups is 5. The van der Waals surface area contributed by atoms with E-state index < -0.39 is 39.8 Å². The van der Waals surface area contributed by atoms with Crippen molar-refractivity contribution in [1.29, 1.82) is 0 Å². The molecule has 28 heteroatoms. The number of anilines is 6. The van der Waals surface area contributed by atoms with E-state index in [1.54, 1.807) is 71.9 Å². The molecule has 1 N–H and O–H groups in total. The van der Waals surface area contributed by atoms with Gasteiger partial charge in [0.1, 0.15) is 52.7 Å². The summed E-state index contributed by atoms with van der Waals surface area (Å²) in [7, 11) is 0.628. The summed E-state index contributed by atoms with van der Waals surface area (Å²) in [6.07, 6.45) is 10.6. The Morgan fingerprint density at radius 2 is 0.822 bits per heavy atom. The van der Waals surface area contributed by atoms with Gasteiger partial charge in [-0.05, 0) is 234 Å². The van der Waals surface area contributed by atoms with Crippen LogP contribution in [-0.2, 0) is 23.8 Å². The fraction of sp³-hybridized carbons (Fsp3) is 0.290. The molecule has 6 heterocycles. The Balaban J connectivity index is 0.000000186. The van der Waals surface area contributed by atoms with Crippen LogP contribution in [0.1, 0.15) is 117 Å². The Morgan fingerprint density at radius 3 is 1.06 bits per heavy atom. The number of aryl methyl sites for hydroxylation is 3. The molecule has 3 saturated heterocycles. The fourth-order valence-corrected chi connectivity index (χ4v) is 13.1. The summed E-state index contributed by atoms with van der Waals surface area (Å²) < 4.78 is 43.5. The number of carbonyl (C=O) groups excluding carboxylic acids is 4. The first-order chi connectivity index (χ1) is 41.9. The third kappa shape index (κ3) is 12.5. The number of nitrogens with zero attached hydrogens (tertiary/aromatic N) is 12. The normalized spacial score (nSPS) is 16.8. The van der Waals surface area contributed by atoms with Crippen molar-refractivity contribution in [3.63, 3.8) is 0 Å². The summed E-state index contributed by atoms with van der Waals surface area (Å²) in [4.78, 5) is 94.5. The Morgan fingerprint density at radius 1 is 0.533 bits per heavy atom. The molecule has 0 bridgehead atoms. The average Bonchev–Trinajstić information content (AvgIpc) is 1.57. The third-order valence-electron chi connectivity index (χ3n) is 16.2. The van der Waals surface area contributed by atoms with Crippen molar-refractivity contribution in [1.82, 2.24) is 15.0 Å². The number of hydrogen-bond donors (Lipinski definition) is 1. The molecule has 6 aromatic rings. The van der Waals surface area contributed by atoms with E-state index in [2.05, 4.69) is 69.4 Å². The van der Waals surface area contributed by atoms with Gasteiger partial charge in [0, 0.05) is 20.6 Å². The van der Waals surface area contributed by atoms with Crippen LogP contribution in [0.15, 0.2) is 91.4 Å². The quantitative estimate of drug-likeness (QED) is 0.0658. The molecule has 0 unspecified atom stereocenters. The molecule has 3 aliphatic carbocycles. The summed E-state index contributed by atoms with van der Waals surface area (Å²) in [6.45, 7) is 28.0. The zero-order chi connectivity index (χ0) is 63.9. The molecule has 3 saturated carbocycles. The second kappa shape index (κ2) is 28.5. The molecule has 6 fully saturated rings. The molecule has 3 spiro atoms. The monoisotopic (exact) mass is 1650 g/mol. The van der Waals surface area contributed by atoms with E-state index in [0.717, 1.165) is 25.3 Å². The van der Waals surface area contributed by atoms with Gasteiger partial charge in [-0.15, -0.1) is 15.0 Å². The van der Waals surface area contributed by atoms with E-state index in [1.807, 2.05) is 22.6 Å². The second-order valence-corrected chi connectivity index (χ2v) is 35.2. The number of amides is 3. The number of aromatic nitrogens is 3. The number of rotatable bonds is 8. The molecule has 0 atom stereocenters. The average molecular weight is 1650 g/mol. The number of ketones is 1. The van der Waals surface area contributed by atoms with E-state index in [0.29, 0.717) is 113 Å². The van der Waals surface area contributed by atoms with Gasteiger partial charge in [0.05, 0.1) is 28.2 Å². The van der Waals surface area contributed by atoms with Crippen molar-refractivity contribution in [2.75, 3.05) is 29.4 Å². The van der Waals surface area contributed by atoms with Crippen molar-refractivity contribution >= 4 is 196 Å². The summed E-state index contributed by atoms with van der Waals surface area (Å²) >= 11 is 23.5. The van der Waals surface area contributed by atoms with Gasteiger partial charge in [0.2, 0.25) is 0 Å². The molecule has 90 heavy (non-hydrogen) atoms. The van der Waals surface area contributed by atoms with Gasteiger partial charge in [-0.2, -0.15) is 0 Å². The fourth-order valence-electron chi connectivity index (χ4n) is 11.4. The standard InChI is InChI=1S/C21H17FN4O2S.C20H15FN4O3S.C19H14FIN4OS.2CH4.2HI.V/c1-12-9-15(11-24-18(12)23-3)25-19(28)21(7-4-8-21)26(20(25)29)14-5-6-16(13(2)27)17(22)10-14;1-11-8-13(10-23-16(11)22-2)24-18(28)20(6-3-7-20)25(19(24)29)12-4-5-14(17(26)27)15(21)9-12;1-11-8-13(10-23-16(11)22-2)24-17(26)19(6-3-7-19)25(18(24)27)12-4-5-15(21)14(20)9-12;;;;;/h5-6,9-11H,4,7-8H2,1-2H3;4-5,8-10H,3,6-7H2,1H3,(H,26,27);4-5,8-10H,3,6-7H2,1H3;2*1H4;2*1H;/q;;;;;;;+2/p-2. The van der Waals surface area contributed by atoms with Gasteiger partial charge in [0.25, 0.3) is 35.2 Å². The Labute approximate surface area is 577 Å². The minimum absolute atomic E-state index is 0. The number of Topliss-reactive ketones (excluding diaryl/α,β-unsaturated/α-hetero) is 1. The van der Waals surface area contributed by atoms with E-state index in [4.69, 9.17) is 61.5 Å². The number of carboxylic acid groups (broad SMARTS) is 1. The van der Waals surface area contributed by atoms with Gasteiger partial charge in [-0.25, -0.2) is 18.0 Å². The number of hydrogen-bond acceptors (Lipinski definition) is 11. The first-order valence-corrected chi connectivity index (χ1v) is 38.0. The van der Waals surface area contributed by atoms with E-state index in [1.165, 1.54) is 70.5 Å². The first kappa shape index (κ1) is 70.8. The number of benzene rings is 3. The Kier molecular flexibility index (Phi) is 22.4. The predicted octanol–water partition coefficient (Wildman–Crippen LogP) is 16.0. The van der Waals surface area contributed by atoms with Crippen LogP contribution in [0.2, 0.25) is 0 Å². The number of halogens is 6. The minimum atomic E-state index is -1.37. The van der Waals surface area contributed by atoms with Gasteiger partial charge in [-0.1, -0.05) is 34.6 Å². The molecule has 3 aliphatic heterocycles. The molecule has 3 aromatic heterocycles. The van der Waals surface area contributed by atoms with Crippen LogP contribution in [-0.4, -0.2) is 81.5 Å². The van der Waals surface area contributed by atoms with E-state index >= 15 is 0 Å². The van der Waals surface area contributed by atoms with Crippen molar-refractivity contribution in [3.8, 4) is 0 Å². The van der Waals surface area contributed by atoms with Crippen LogP contribution >= 0.6 is 99.2 Å². The third-order valence-corrected chi connectivity index (χ3v) is 18.1. The molecule has 18 nitrogen and oxygen atoms in total. The van der Waals surface area contributed by atoms with E-state index in [9.17, 15) is 37.1 Å². The number of aromatic carboxylic acids is 1. The van der Waals surface area contributed by atoms with Crippen LogP contribution in [0.5, 0.6) is 0 Å². The molecular formula is C62H54F3I3N12O6S3V. The van der Waals surface area contributed by atoms with Gasteiger partial charge in [0.15, 0.2) is 21.1 Å². The van der Waals surface area contributed by atoms with Gasteiger partial charge >= 0.3 is 55.4 Å². The van der Waals surface area contributed by atoms with Crippen molar-refractivity contribution in [2.24, 2.45) is 0 Å². The Hall–Kier alpha value is -6.64. The number of pyridine rings is 3. The first-order valence-electron chi connectivity index (χ1n) is 26.7. The molecule has 463 valence electrons. The molecule has 6 aliphatic rings. The van der Waals surface area contributed by atoms with Gasteiger partial charge < -0.3 is 34.3 Å². The molecule has 3 aromatic carbocycles. The maximum atomic E-state index is 14.5. The number of thiocarbonyl (C=S) groups is 3. The second-order valence-electron chi connectivity index (χ2n) is 21.1. The summed E-state index contributed by atoms with van der Waals surface area (Å²) in [5.41, 5.74) is 1.78. The van der Waals surface area contributed by atoms with Crippen LogP contribution in [0.3, 0.4) is 0 Å². The topological polar surface area (TPSA) is 177 Å². The predicted molar refractivity (Wildman–Crippen MR) is 374 cm³/mol.